The first-order valence-electron chi connectivity index (χ1n) is 14.6. The molecule has 1 aliphatic carbocycles. The number of esters is 1. The van der Waals surface area contributed by atoms with Gasteiger partial charge in [-0.1, -0.05) is 80.7 Å². The van der Waals surface area contributed by atoms with Gasteiger partial charge in [0.1, 0.15) is 0 Å². The van der Waals surface area contributed by atoms with Gasteiger partial charge < -0.3 is 14.4 Å². The van der Waals surface area contributed by atoms with Crippen LogP contribution >= 0.6 is 23.2 Å². The Kier molecular flexibility index (Phi) is 9.91. The number of nitrogens with zero attached hydrogens (tertiary/aromatic N) is 1. The van der Waals surface area contributed by atoms with Gasteiger partial charge in [0.15, 0.2) is 0 Å². The van der Waals surface area contributed by atoms with Crippen LogP contribution in [0, 0.1) is 11.3 Å². The minimum Gasteiger partial charge on any atom is -0.469 e. The molecule has 40 heavy (non-hydrogen) atoms. The van der Waals surface area contributed by atoms with Crippen LogP contribution in [-0.2, 0) is 26.3 Å². The molecule has 1 fully saturated rings. The van der Waals surface area contributed by atoms with Crippen molar-refractivity contribution in [3.05, 3.63) is 68.7 Å². The van der Waals surface area contributed by atoms with Crippen molar-refractivity contribution >= 4 is 35.1 Å². The number of ether oxygens (including phenoxy) is 2. The van der Waals surface area contributed by atoms with Gasteiger partial charge in [0.05, 0.1) is 29.7 Å². The number of halogens is 2. The molecule has 0 N–H and O–H groups in total. The SMILES string of the molecule is COC(=O)[C@]1(C)CCC[C@]2(C)c3cc(Cl)c(C(C)C)c(Cl)c3C(=O)N(CCCCCOCc3ccccc3)CC12. The van der Waals surface area contributed by atoms with Crippen LogP contribution in [0.2, 0.25) is 10.0 Å². The van der Waals surface area contributed by atoms with Crippen molar-refractivity contribution in [1.82, 2.24) is 4.90 Å². The molecule has 4 rings (SSSR count). The van der Waals surface area contributed by atoms with Crippen LogP contribution in [0.1, 0.15) is 99.2 Å². The fourth-order valence-corrected chi connectivity index (χ4v) is 7.98. The first-order chi connectivity index (χ1) is 19.0. The van der Waals surface area contributed by atoms with Crippen molar-refractivity contribution in [3.8, 4) is 0 Å². The fraction of sp³-hybridized carbons (Fsp3) is 0.576. The molecule has 5 nitrogen and oxygen atoms in total. The standard InChI is InChI=1S/C33H43Cl2NO4/c1-22(2)27-25(34)19-24-28(29(27)35)30(37)36(17-10-7-11-18-40-21-23-13-8-6-9-14-23)20-26-32(24,3)15-12-16-33(26,4)31(38)39-5/h6,8-9,13-14,19,22,26H,7,10-12,15-18,20-21H2,1-5H3/t26?,32-,33-/m1/s1. The van der Waals surface area contributed by atoms with Gasteiger partial charge >= 0.3 is 5.97 Å². The summed E-state index contributed by atoms with van der Waals surface area (Å²) in [5.74, 6) is -0.341. The summed E-state index contributed by atoms with van der Waals surface area (Å²) in [6.45, 7) is 10.6. The van der Waals surface area contributed by atoms with Gasteiger partial charge in [-0.2, -0.15) is 0 Å². The fourth-order valence-electron chi connectivity index (χ4n) is 7.00. The summed E-state index contributed by atoms with van der Waals surface area (Å²) in [4.78, 5) is 29.4. The Morgan fingerprint density at radius 1 is 1.10 bits per heavy atom. The second-order valence-electron chi connectivity index (χ2n) is 12.2. The number of methoxy groups -OCH3 is 1. The molecule has 2 aliphatic rings. The smallest absolute Gasteiger partial charge is 0.311 e. The van der Waals surface area contributed by atoms with Crippen molar-refractivity contribution in [2.45, 2.75) is 84.2 Å². The second-order valence-corrected chi connectivity index (χ2v) is 13.0. The van der Waals surface area contributed by atoms with E-state index in [2.05, 4.69) is 19.1 Å². The lowest BCUT2D eigenvalue weighted by molar-refractivity contribution is -0.161. The van der Waals surface area contributed by atoms with Crippen molar-refractivity contribution in [2.24, 2.45) is 11.3 Å². The number of amides is 1. The Bertz CT molecular complexity index is 1220. The molecular formula is C33H43Cl2NO4. The van der Waals surface area contributed by atoms with Gasteiger partial charge in [0.2, 0.25) is 0 Å². The molecule has 7 heteroatoms. The minimum absolute atomic E-state index is 0.0678. The van der Waals surface area contributed by atoms with E-state index in [0.717, 1.165) is 49.7 Å². The summed E-state index contributed by atoms with van der Waals surface area (Å²) in [5.41, 5.74) is 2.23. The van der Waals surface area contributed by atoms with Gasteiger partial charge in [-0.3, -0.25) is 9.59 Å². The zero-order valence-corrected chi connectivity index (χ0v) is 26.0. The molecular weight excluding hydrogens is 545 g/mol. The van der Waals surface area contributed by atoms with E-state index in [9.17, 15) is 9.59 Å². The van der Waals surface area contributed by atoms with E-state index >= 15 is 0 Å². The summed E-state index contributed by atoms with van der Waals surface area (Å²) in [6, 6.07) is 12.1. The number of fused-ring (bicyclic) bond motifs is 3. The van der Waals surface area contributed by atoms with Crippen molar-refractivity contribution in [1.29, 1.82) is 0 Å². The van der Waals surface area contributed by atoms with Crippen LogP contribution in [0.4, 0.5) is 0 Å². The van der Waals surface area contributed by atoms with E-state index in [1.807, 2.05) is 49.9 Å². The van der Waals surface area contributed by atoms with Crippen LogP contribution in [-0.4, -0.2) is 43.6 Å². The Balaban J connectivity index is 1.59. The molecule has 3 atom stereocenters. The zero-order chi connectivity index (χ0) is 29.1. The predicted octanol–water partition coefficient (Wildman–Crippen LogP) is 8.20. The quantitative estimate of drug-likeness (QED) is 0.207. The number of rotatable bonds is 10. The average molecular weight is 589 g/mol. The van der Waals surface area contributed by atoms with Gasteiger partial charge in [-0.05, 0) is 73.1 Å². The third-order valence-corrected chi connectivity index (χ3v) is 9.97. The minimum atomic E-state index is -0.719. The highest BCUT2D eigenvalue weighted by Gasteiger charge is 2.57. The Labute approximate surface area is 249 Å². The van der Waals surface area contributed by atoms with Crippen LogP contribution in [0.5, 0.6) is 0 Å². The second kappa shape index (κ2) is 12.8. The first-order valence-corrected chi connectivity index (χ1v) is 15.3. The van der Waals surface area contributed by atoms with Crippen molar-refractivity contribution < 1.29 is 19.1 Å². The molecule has 0 spiro atoms. The highest BCUT2D eigenvalue weighted by atomic mass is 35.5. The summed E-state index contributed by atoms with van der Waals surface area (Å²) >= 11 is 13.9. The first kappa shape index (κ1) is 30.9. The molecule has 0 aromatic heterocycles. The summed E-state index contributed by atoms with van der Waals surface area (Å²) < 4.78 is 11.2. The number of benzene rings is 2. The number of carbonyl (C=O) groups is 2. The third-order valence-electron chi connectivity index (χ3n) is 9.26. The van der Waals surface area contributed by atoms with Crippen LogP contribution in [0.3, 0.4) is 0 Å². The van der Waals surface area contributed by atoms with E-state index in [1.54, 1.807) is 0 Å². The Morgan fingerprint density at radius 3 is 2.50 bits per heavy atom. The zero-order valence-electron chi connectivity index (χ0n) is 24.5. The molecule has 2 aromatic carbocycles. The van der Waals surface area contributed by atoms with E-state index in [0.29, 0.717) is 41.9 Å². The molecule has 1 saturated carbocycles. The number of hydrogen-bond acceptors (Lipinski definition) is 4. The Morgan fingerprint density at radius 2 is 1.82 bits per heavy atom. The lowest BCUT2D eigenvalue weighted by Crippen LogP contribution is -2.54. The molecule has 1 heterocycles. The van der Waals surface area contributed by atoms with Crippen LogP contribution < -0.4 is 0 Å². The molecule has 1 unspecified atom stereocenters. The number of hydrogen-bond donors (Lipinski definition) is 0. The van der Waals surface area contributed by atoms with Crippen molar-refractivity contribution in [3.63, 3.8) is 0 Å². The summed E-state index contributed by atoms with van der Waals surface area (Å²) in [6.07, 6.45) is 5.13. The normalized spacial score (nSPS) is 24.4. The van der Waals surface area contributed by atoms with Crippen LogP contribution in [0.25, 0.3) is 0 Å². The van der Waals surface area contributed by atoms with Gasteiger partial charge in [-0.15, -0.1) is 0 Å². The van der Waals surface area contributed by atoms with E-state index < -0.39 is 10.8 Å². The molecule has 1 amide bonds. The van der Waals surface area contributed by atoms with E-state index in [-0.39, 0.29) is 23.7 Å². The van der Waals surface area contributed by atoms with E-state index in [1.165, 1.54) is 12.7 Å². The maximum absolute atomic E-state index is 14.3. The number of carbonyl (C=O) groups excluding carboxylic acids is 2. The van der Waals surface area contributed by atoms with Crippen LogP contribution in [0.15, 0.2) is 36.4 Å². The number of unbranched alkanes of at least 4 members (excludes halogenated alkanes) is 2. The van der Waals surface area contributed by atoms with Crippen molar-refractivity contribution in [2.75, 3.05) is 26.8 Å². The highest BCUT2D eigenvalue weighted by Crippen LogP contribution is 2.57. The summed E-state index contributed by atoms with van der Waals surface area (Å²) in [5, 5.41) is 1.04. The lowest BCUT2D eigenvalue weighted by Gasteiger charge is -2.51. The topological polar surface area (TPSA) is 55.8 Å². The highest BCUT2D eigenvalue weighted by molar-refractivity contribution is 6.38. The molecule has 0 radical (unpaired) electrons. The van der Waals surface area contributed by atoms with Gasteiger partial charge in [0.25, 0.3) is 5.91 Å². The van der Waals surface area contributed by atoms with E-state index in [4.69, 9.17) is 32.7 Å². The maximum Gasteiger partial charge on any atom is 0.311 e. The molecule has 1 aliphatic heterocycles. The maximum atomic E-state index is 14.3. The van der Waals surface area contributed by atoms with Gasteiger partial charge in [0, 0.05) is 30.6 Å². The predicted molar refractivity (Wildman–Crippen MR) is 161 cm³/mol. The third kappa shape index (κ3) is 5.93. The summed E-state index contributed by atoms with van der Waals surface area (Å²) in [7, 11) is 1.45. The molecule has 0 saturated heterocycles. The molecule has 2 aromatic rings. The average Bonchev–Trinajstić information content (AvgIpc) is 3.01. The largest absolute Gasteiger partial charge is 0.469 e. The lowest BCUT2D eigenvalue weighted by atomic mass is 9.53. The molecule has 218 valence electrons. The monoisotopic (exact) mass is 587 g/mol. The van der Waals surface area contributed by atoms with Gasteiger partial charge in [-0.25, -0.2) is 0 Å². The molecule has 0 bridgehead atoms. The Hall–Kier alpha value is -2.08.